The molecule has 1 aromatic carbocycles. The average Bonchev–Trinajstić information content (AvgIpc) is 2.20. The summed E-state index contributed by atoms with van der Waals surface area (Å²) in [6.45, 7) is 6.53. The lowest BCUT2D eigenvalue weighted by Gasteiger charge is -2.12. The quantitative estimate of drug-likeness (QED) is 0.688. The Morgan fingerprint density at radius 1 is 1.06 bits per heavy atom. The Labute approximate surface area is 98.7 Å². The van der Waals surface area contributed by atoms with Gasteiger partial charge >= 0.3 is 0 Å². The number of hydrogen-bond acceptors (Lipinski definition) is 0. The van der Waals surface area contributed by atoms with Gasteiger partial charge in [-0.25, -0.2) is 0 Å². The number of allylic oxidation sites excluding steroid dienone is 4. The molecule has 1 unspecified atom stereocenters. The molecule has 0 N–H and O–H groups in total. The first-order valence-electron chi connectivity index (χ1n) is 5.93. The van der Waals surface area contributed by atoms with Crippen molar-refractivity contribution in [1.82, 2.24) is 0 Å². The van der Waals surface area contributed by atoms with Gasteiger partial charge in [-0.1, -0.05) is 54.5 Å². The van der Waals surface area contributed by atoms with Crippen LogP contribution in [0.25, 0.3) is 0 Å². The van der Waals surface area contributed by atoms with Crippen LogP contribution in [0.15, 0.2) is 42.0 Å². The first-order chi connectivity index (χ1) is 7.63. The molecule has 83 valence electrons. The van der Waals surface area contributed by atoms with Gasteiger partial charge in [-0.3, -0.25) is 0 Å². The Kier molecular flexibility index (Phi) is 3.28. The minimum Gasteiger partial charge on any atom is -0.0808 e. The van der Waals surface area contributed by atoms with Gasteiger partial charge in [0.05, 0.1) is 0 Å². The van der Waals surface area contributed by atoms with Crippen molar-refractivity contribution in [3.63, 3.8) is 0 Å². The van der Waals surface area contributed by atoms with Gasteiger partial charge in [0.15, 0.2) is 0 Å². The highest BCUT2D eigenvalue weighted by Gasteiger charge is 2.05. The minimum atomic E-state index is 0.586. The molecule has 1 radical (unpaired) electrons. The summed E-state index contributed by atoms with van der Waals surface area (Å²) in [7, 11) is 0. The van der Waals surface area contributed by atoms with Crippen molar-refractivity contribution >= 4 is 0 Å². The number of benzene rings is 1. The molecule has 2 rings (SSSR count). The van der Waals surface area contributed by atoms with E-state index in [1.165, 1.54) is 22.3 Å². The molecule has 1 aromatic rings. The minimum absolute atomic E-state index is 0.586. The summed E-state index contributed by atoms with van der Waals surface area (Å²) in [6, 6.07) is 6.78. The third-order valence-corrected chi connectivity index (χ3v) is 2.92. The zero-order valence-electron chi connectivity index (χ0n) is 10.3. The highest BCUT2D eigenvalue weighted by molar-refractivity contribution is 5.37. The molecule has 0 saturated carbocycles. The van der Waals surface area contributed by atoms with E-state index in [4.69, 9.17) is 0 Å². The van der Waals surface area contributed by atoms with Gasteiger partial charge in [-0.15, -0.1) is 0 Å². The Morgan fingerprint density at radius 2 is 1.75 bits per heavy atom. The zero-order chi connectivity index (χ0) is 11.5. The predicted molar refractivity (Wildman–Crippen MR) is 70.3 cm³/mol. The third-order valence-electron chi connectivity index (χ3n) is 2.92. The molecule has 0 fully saturated rings. The van der Waals surface area contributed by atoms with Gasteiger partial charge < -0.3 is 0 Å². The molecule has 0 aromatic heterocycles. The van der Waals surface area contributed by atoms with Crippen LogP contribution in [0.5, 0.6) is 0 Å². The van der Waals surface area contributed by atoms with Crippen molar-refractivity contribution in [2.45, 2.75) is 27.2 Å². The van der Waals surface area contributed by atoms with Crippen molar-refractivity contribution in [3.05, 3.63) is 65.1 Å². The first kappa shape index (κ1) is 11.2. The highest BCUT2D eigenvalue weighted by Crippen LogP contribution is 2.19. The van der Waals surface area contributed by atoms with Crippen LogP contribution in [-0.4, -0.2) is 0 Å². The fraction of sp³-hybridized carbons (Fsp3) is 0.312. The fourth-order valence-electron chi connectivity index (χ4n) is 2.20. The van der Waals surface area contributed by atoms with Crippen LogP contribution >= 0.6 is 0 Å². The summed E-state index contributed by atoms with van der Waals surface area (Å²) in [5.41, 5.74) is 5.53. The molecule has 0 spiro atoms. The maximum Gasteiger partial charge on any atom is -0.00287 e. The third kappa shape index (κ3) is 2.85. The van der Waals surface area contributed by atoms with Crippen molar-refractivity contribution in [1.29, 1.82) is 0 Å². The first-order valence-corrected chi connectivity index (χ1v) is 5.93. The van der Waals surface area contributed by atoms with E-state index in [2.05, 4.69) is 63.6 Å². The van der Waals surface area contributed by atoms with E-state index in [-0.39, 0.29) is 0 Å². The lowest BCUT2D eigenvalue weighted by atomic mass is 9.93. The maximum absolute atomic E-state index is 2.28. The standard InChI is InChI=1S/C16H19/c1-12-4-6-15(7-5-12)11-16-9-13(2)8-14(3)10-16/h4-10,12H,11H2,1-3H3. The Morgan fingerprint density at radius 3 is 2.31 bits per heavy atom. The summed E-state index contributed by atoms with van der Waals surface area (Å²) >= 11 is 0. The molecule has 1 aliphatic carbocycles. The average molecular weight is 211 g/mol. The van der Waals surface area contributed by atoms with Crippen LogP contribution in [0.3, 0.4) is 0 Å². The van der Waals surface area contributed by atoms with Crippen LogP contribution in [-0.2, 0) is 6.42 Å². The molecule has 0 aliphatic heterocycles. The molecule has 1 atom stereocenters. The zero-order valence-corrected chi connectivity index (χ0v) is 10.3. The molecule has 0 amide bonds. The molecule has 0 heterocycles. The molecule has 0 saturated heterocycles. The topological polar surface area (TPSA) is 0 Å². The summed E-state index contributed by atoms with van der Waals surface area (Å²) in [5, 5.41) is 0. The Balaban J connectivity index is 2.13. The van der Waals surface area contributed by atoms with Gasteiger partial charge in [0, 0.05) is 0 Å². The highest BCUT2D eigenvalue weighted by atomic mass is 14.1. The number of rotatable bonds is 2. The van der Waals surface area contributed by atoms with Crippen LogP contribution in [0.2, 0.25) is 0 Å². The lowest BCUT2D eigenvalue weighted by molar-refractivity contribution is 0.865. The second-order valence-corrected chi connectivity index (χ2v) is 4.83. The van der Waals surface area contributed by atoms with Gasteiger partial charge in [0.1, 0.15) is 0 Å². The van der Waals surface area contributed by atoms with Crippen LogP contribution in [0, 0.1) is 26.2 Å². The number of hydrogen-bond donors (Lipinski definition) is 0. The normalized spacial score (nSPS) is 19.7. The fourth-order valence-corrected chi connectivity index (χ4v) is 2.20. The lowest BCUT2D eigenvalue weighted by Crippen LogP contribution is -1.98. The van der Waals surface area contributed by atoms with E-state index in [9.17, 15) is 0 Å². The SMILES string of the molecule is Cc1cc(C)cc(CC2=C[CH]C(C)C=C2)c1. The number of aryl methyl sites for hydroxylation is 2. The summed E-state index contributed by atoms with van der Waals surface area (Å²) < 4.78 is 0. The van der Waals surface area contributed by atoms with Crippen LogP contribution in [0.1, 0.15) is 23.6 Å². The molecular weight excluding hydrogens is 192 g/mol. The Bertz CT molecular complexity index is 415. The summed E-state index contributed by atoms with van der Waals surface area (Å²) in [4.78, 5) is 0. The van der Waals surface area contributed by atoms with E-state index >= 15 is 0 Å². The van der Waals surface area contributed by atoms with E-state index in [1.54, 1.807) is 0 Å². The van der Waals surface area contributed by atoms with Crippen molar-refractivity contribution in [2.24, 2.45) is 5.92 Å². The van der Waals surface area contributed by atoms with Gasteiger partial charge in [-0.05, 0) is 43.7 Å². The van der Waals surface area contributed by atoms with Gasteiger partial charge in [0.25, 0.3) is 0 Å². The molecule has 0 heteroatoms. The molecule has 16 heavy (non-hydrogen) atoms. The van der Waals surface area contributed by atoms with E-state index in [0.717, 1.165) is 6.42 Å². The van der Waals surface area contributed by atoms with E-state index < -0.39 is 0 Å². The van der Waals surface area contributed by atoms with Gasteiger partial charge in [-0.2, -0.15) is 0 Å². The molecule has 0 bridgehead atoms. The Hall–Kier alpha value is -1.30. The monoisotopic (exact) mass is 211 g/mol. The summed E-state index contributed by atoms with van der Waals surface area (Å²) in [5.74, 6) is 0.586. The second kappa shape index (κ2) is 4.69. The largest absolute Gasteiger partial charge is 0.0808 e. The molecule has 1 aliphatic rings. The van der Waals surface area contributed by atoms with Gasteiger partial charge in [0.2, 0.25) is 0 Å². The van der Waals surface area contributed by atoms with E-state index in [0.29, 0.717) is 5.92 Å². The molecule has 0 nitrogen and oxygen atoms in total. The van der Waals surface area contributed by atoms with Crippen molar-refractivity contribution in [3.8, 4) is 0 Å². The van der Waals surface area contributed by atoms with Crippen LogP contribution < -0.4 is 0 Å². The predicted octanol–water partition coefficient (Wildman–Crippen LogP) is 4.18. The van der Waals surface area contributed by atoms with Crippen molar-refractivity contribution in [2.75, 3.05) is 0 Å². The second-order valence-electron chi connectivity index (χ2n) is 4.83. The maximum atomic E-state index is 2.28. The smallest absolute Gasteiger partial charge is 0.00287 e. The summed E-state index contributed by atoms with van der Waals surface area (Å²) in [6.07, 6.45) is 10.1. The van der Waals surface area contributed by atoms with Crippen molar-refractivity contribution < 1.29 is 0 Å². The molecular formula is C16H19. The van der Waals surface area contributed by atoms with Crippen LogP contribution in [0.4, 0.5) is 0 Å². The van der Waals surface area contributed by atoms with E-state index in [1.807, 2.05) is 0 Å².